The molecule has 1 aromatic carbocycles. The standard InChI is InChI=1S/C17H18INO2/c1-10-9-17(5-3-2-4-6-17)19-14-12(10)7-11(18)8-13(14)15(20)16(19)21/h7-8,10H,2-6,9H2,1H3. The fraction of sp³-hybridized carbons (Fsp3) is 0.529. The van der Waals surface area contributed by atoms with Gasteiger partial charge in [-0.15, -0.1) is 0 Å². The molecule has 0 N–H and O–H groups in total. The van der Waals surface area contributed by atoms with E-state index in [4.69, 9.17) is 0 Å². The van der Waals surface area contributed by atoms with Crippen LogP contribution in [0, 0.1) is 3.57 Å². The first-order chi connectivity index (χ1) is 10.0. The number of carbonyl (C=O) groups is 2. The van der Waals surface area contributed by atoms with Crippen LogP contribution in [0.3, 0.4) is 0 Å². The summed E-state index contributed by atoms with van der Waals surface area (Å²) in [5.74, 6) is -0.174. The molecule has 2 aliphatic heterocycles. The van der Waals surface area contributed by atoms with Crippen LogP contribution in [0.5, 0.6) is 0 Å². The Balaban J connectivity index is 1.96. The molecule has 1 amide bonds. The molecule has 4 heteroatoms. The van der Waals surface area contributed by atoms with Gasteiger partial charge in [-0.1, -0.05) is 26.2 Å². The summed E-state index contributed by atoms with van der Waals surface area (Å²) in [6.07, 6.45) is 6.67. The highest BCUT2D eigenvalue weighted by Crippen LogP contribution is 2.53. The van der Waals surface area contributed by atoms with Crippen LogP contribution in [0.2, 0.25) is 0 Å². The number of Topliss-reactive ketones (excluding diaryl/α,β-unsaturated/α-hetero) is 1. The number of halogens is 1. The molecule has 0 radical (unpaired) electrons. The van der Waals surface area contributed by atoms with E-state index in [0.717, 1.165) is 28.5 Å². The van der Waals surface area contributed by atoms with Gasteiger partial charge < -0.3 is 0 Å². The van der Waals surface area contributed by atoms with E-state index in [0.29, 0.717) is 11.5 Å². The molecular weight excluding hydrogens is 377 g/mol. The van der Waals surface area contributed by atoms with Gasteiger partial charge in [-0.05, 0) is 65.5 Å². The zero-order valence-corrected chi connectivity index (χ0v) is 14.3. The van der Waals surface area contributed by atoms with E-state index in [9.17, 15) is 9.59 Å². The van der Waals surface area contributed by atoms with Crippen LogP contribution in [-0.2, 0) is 4.79 Å². The maximum absolute atomic E-state index is 12.6. The van der Waals surface area contributed by atoms with Crippen molar-refractivity contribution in [2.75, 3.05) is 4.90 Å². The predicted molar refractivity (Wildman–Crippen MR) is 89.8 cm³/mol. The van der Waals surface area contributed by atoms with E-state index in [2.05, 4.69) is 35.6 Å². The fourth-order valence-corrected chi connectivity index (χ4v) is 5.25. The highest BCUT2D eigenvalue weighted by atomic mass is 127. The third kappa shape index (κ3) is 1.77. The van der Waals surface area contributed by atoms with Crippen molar-refractivity contribution in [3.8, 4) is 0 Å². The summed E-state index contributed by atoms with van der Waals surface area (Å²) in [5, 5.41) is 0. The highest BCUT2D eigenvalue weighted by Gasteiger charge is 2.53. The van der Waals surface area contributed by atoms with Crippen molar-refractivity contribution in [2.24, 2.45) is 0 Å². The first-order valence-corrected chi connectivity index (χ1v) is 8.84. The van der Waals surface area contributed by atoms with Gasteiger partial charge in [0.2, 0.25) is 0 Å². The van der Waals surface area contributed by atoms with E-state index in [-0.39, 0.29) is 17.2 Å². The summed E-state index contributed by atoms with van der Waals surface area (Å²) in [4.78, 5) is 27.0. The van der Waals surface area contributed by atoms with Crippen molar-refractivity contribution in [1.82, 2.24) is 0 Å². The normalized spacial score (nSPS) is 26.4. The molecule has 1 aromatic rings. The summed E-state index contributed by atoms with van der Waals surface area (Å²) < 4.78 is 1.05. The minimum atomic E-state index is -0.302. The Morgan fingerprint density at radius 3 is 2.62 bits per heavy atom. The number of hydrogen-bond donors (Lipinski definition) is 0. The molecule has 4 rings (SSSR count). The monoisotopic (exact) mass is 395 g/mol. The summed E-state index contributed by atoms with van der Waals surface area (Å²) in [6, 6.07) is 4.03. The number of ketones is 1. The number of anilines is 1. The average Bonchev–Trinajstić information content (AvgIpc) is 2.71. The number of rotatable bonds is 0. The van der Waals surface area contributed by atoms with Gasteiger partial charge in [0.15, 0.2) is 0 Å². The largest absolute Gasteiger partial charge is 0.300 e. The van der Waals surface area contributed by atoms with Gasteiger partial charge >= 0.3 is 0 Å². The first-order valence-electron chi connectivity index (χ1n) is 7.76. The Kier molecular flexibility index (Phi) is 2.97. The molecule has 1 unspecified atom stereocenters. The summed E-state index contributed by atoms with van der Waals surface area (Å²) in [5.41, 5.74) is 2.66. The van der Waals surface area contributed by atoms with Crippen molar-refractivity contribution in [3.63, 3.8) is 0 Å². The molecule has 2 heterocycles. The molecule has 1 fully saturated rings. The third-order valence-electron chi connectivity index (χ3n) is 5.45. The molecule has 1 saturated carbocycles. The number of nitrogens with zero attached hydrogens (tertiary/aromatic N) is 1. The van der Waals surface area contributed by atoms with Crippen LogP contribution in [0.15, 0.2) is 12.1 Å². The molecule has 3 nitrogen and oxygen atoms in total. The third-order valence-corrected chi connectivity index (χ3v) is 6.07. The van der Waals surface area contributed by atoms with Crippen molar-refractivity contribution in [2.45, 2.75) is 56.9 Å². The molecule has 1 spiro atoms. The van der Waals surface area contributed by atoms with Crippen LogP contribution >= 0.6 is 22.6 Å². The number of fused-ring (bicyclic) bond motifs is 1. The van der Waals surface area contributed by atoms with Crippen LogP contribution < -0.4 is 4.90 Å². The topological polar surface area (TPSA) is 37.4 Å². The van der Waals surface area contributed by atoms with Crippen molar-refractivity contribution in [1.29, 1.82) is 0 Å². The Bertz CT molecular complexity index is 661. The summed E-state index contributed by atoms with van der Waals surface area (Å²) >= 11 is 2.24. The molecule has 1 aliphatic carbocycles. The molecule has 0 bridgehead atoms. The van der Waals surface area contributed by atoms with Crippen LogP contribution in [0.25, 0.3) is 0 Å². The quantitative estimate of drug-likeness (QED) is 0.492. The predicted octanol–water partition coefficient (Wildman–Crippen LogP) is 4.03. The number of amides is 1. The SMILES string of the molecule is CC1CC2(CCCCC2)N2C(=O)C(=O)c3cc(I)cc1c32. The Morgan fingerprint density at radius 2 is 1.90 bits per heavy atom. The lowest BCUT2D eigenvalue weighted by Crippen LogP contribution is -2.55. The van der Waals surface area contributed by atoms with Crippen molar-refractivity contribution < 1.29 is 9.59 Å². The smallest absolute Gasteiger partial charge is 0.298 e. The molecule has 110 valence electrons. The first kappa shape index (κ1) is 13.7. The molecule has 3 aliphatic rings. The Morgan fingerprint density at radius 1 is 1.19 bits per heavy atom. The van der Waals surface area contributed by atoms with Gasteiger partial charge in [0.25, 0.3) is 11.7 Å². The zero-order valence-electron chi connectivity index (χ0n) is 12.1. The summed E-state index contributed by atoms with van der Waals surface area (Å²) in [7, 11) is 0. The van der Waals surface area contributed by atoms with Gasteiger partial charge in [-0.2, -0.15) is 0 Å². The van der Waals surface area contributed by atoms with Crippen molar-refractivity contribution >= 4 is 40.0 Å². The highest BCUT2D eigenvalue weighted by molar-refractivity contribution is 14.1. The lowest BCUT2D eigenvalue weighted by molar-refractivity contribution is -0.115. The van der Waals surface area contributed by atoms with Crippen LogP contribution in [0.1, 0.15) is 67.3 Å². The zero-order chi connectivity index (χ0) is 14.8. The number of benzene rings is 1. The molecular formula is C17H18INO2. The van der Waals surface area contributed by atoms with Gasteiger partial charge in [0.1, 0.15) is 0 Å². The average molecular weight is 395 g/mol. The molecule has 0 aromatic heterocycles. The van der Waals surface area contributed by atoms with E-state index in [1.54, 1.807) is 0 Å². The maximum atomic E-state index is 12.6. The number of carbonyl (C=O) groups excluding carboxylic acids is 2. The van der Waals surface area contributed by atoms with Gasteiger partial charge in [-0.25, -0.2) is 0 Å². The Labute approximate surface area is 138 Å². The fourth-order valence-electron chi connectivity index (χ4n) is 4.60. The minimum Gasteiger partial charge on any atom is -0.298 e. The van der Waals surface area contributed by atoms with Crippen LogP contribution in [0.4, 0.5) is 5.69 Å². The molecule has 0 saturated heterocycles. The Hall–Kier alpha value is -0.910. The number of hydrogen-bond acceptors (Lipinski definition) is 2. The second-order valence-electron chi connectivity index (χ2n) is 6.75. The molecule has 1 atom stereocenters. The lowest BCUT2D eigenvalue weighted by atomic mass is 9.70. The van der Waals surface area contributed by atoms with Gasteiger partial charge in [0.05, 0.1) is 11.3 Å². The van der Waals surface area contributed by atoms with E-state index < -0.39 is 0 Å². The maximum Gasteiger partial charge on any atom is 0.300 e. The van der Waals surface area contributed by atoms with Gasteiger partial charge in [0, 0.05) is 9.11 Å². The van der Waals surface area contributed by atoms with Crippen molar-refractivity contribution in [3.05, 3.63) is 26.8 Å². The lowest BCUT2D eigenvalue weighted by Gasteiger charge is -2.50. The summed E-state index contributed by atoms with van der Waals surface area (Å²) in [6.45, 7) is 2.24. The second-order valence-corrected chi connectivity index (χ2v) is 8.00. The van der Waals surface area contributed by atoms with E-state index in [1.807, 2.05) is 11.0 Å². The van der Waals surface area contributed by atoms with E-state index >= 15 is 0 Å². The van der Waals surface area contributed by atoms with E-state index in [1.165, 1.54) is 24.8 Å². The molecule has 21 heavy (non-hydrogen) atoms. The second kappa shape index (κ2) is 4.54. The van der Waals surface area contributed by atoms with Gasteiger partial charge in [-0.3, -0.25) is 14.5 Å². The minimum absolute atomic E-state index is 0.102. The van der Waals surface area contributed by atoms with Crippen LogP contribution in [-0.4, -0.2) is 17.2 Å².